The third-order valence-corrected chi connectivity index (χ3v) is 2.96. The van der Waals surface area contributed by atoms with E-state index in [4.69, 9.17) is 0 Å². The first-order chi connectivity index (χ1) is 8.22. The van der Waals surface area contributed by atoms with E-state index >= 15 is 0 Å². The van der Waals surface area contributed by atoms with Crippen molar-refractivity contribution in [2.45, 2.75) is 13.0 Å². The molecule has 0 fully saturated rings. The second-order valence-electron chi connectivity index (χ2n) is 4.13. The normalized spacial score (nSPS) is 12.4. The molecule has 2 aromatic carbocycles. The molecule has 0 aliphatic heterocycles. The van der Waals surface area contributed by atoms with Crippen molar-refractivity contribution in [1.82, 2.24) is 5.32 Å². The first-order valence-corrected chi connectivity index (χ1v) is 5.70. The summed E-state index contributed by atoms with van der Waals surface area (Å²) in [7, 11) is 1.92. The quantitative estimate of drug-likeness (QED) is 0.850. The zero-order chi connectivity index (χ0) is 12.3. The Morgan fingerprint density at radius 3 is 2.35 bits per heavy atom. The number of hydrogen-bond donors (Lipinski definition) is 1. The van der Waals surface area contributed by atoms with Crippen LogP contribution in [0.1, 0.15) is 22.7 Å². The van der Waals surface area contributed by atoms with Crippen LogP contribution in [-0.2, 0) is 0 Å². The summed E-state index contributed by atoms with van der Waals surface area (Å²) in [5, 5.41) is 3.27. The Hall–Kier alpha value is -1.67. The second kappa shape index (κ2) is 5.11. The van der Waals surface area contributed by atoms with Crippen LogP contribution in [0.3, 0.4) is 0 Å². The summed E-state index contributed by atoms with van der Waals surface area (Å²) >= 11 is 0. The molecule has 88 valence electrons. The molecule has 0 spiro atoms. The second-order valence-corrected chi connectivity index (χ2v) is 4.13. The van der Waals surface area contributed by atoms with Gasteiger partial charge in [0.15, 0.2) is 0 Å². The molecule has 2 aromatic rings. The minimum absolute atomic E-state index is 0.108. The van der Waals surface area contributed by atoms with Crippen molar-refractivity contribution in [2.24, 2.45) is 0 Å². The highest BCUT2D eigenvalue weighted by Gasteiger charge is 2.13. The van der Waals surface area contributed by atoms with Crippen LogP contribution in [0.15, 0.2) is 48.5 Å². The molecule has 0 saturated carbocycles. The molecular weight excluding hydrogens is 213 g/mol. The highest BCUT2D eigenvalue weighted by molar-refractivity contribution is 5.36. The Kier molecular flexibility index (Phi) is 3.55. The van der Waals surface area contributed by atoms with Crippen molar-refractivity contribution in [3.8, 4) is 0 Å². The minimum atomic E-state index is -0.186. The fourth-order valence-electron chi connectivity index (χ4n) is 2.11. The first kappa shape index (κ1) is 11.8. The Labute approximate surface area is 101 Å². The molecule has 0 amide bonds. The summed E-state index contributed by atoms with van der Waals surface area (Å²) in [5.74, 6) is -0.186. The largest absolute Gasteiger partial charge is 0.309 e. The lowest BCUT2D eigenvalue weighted by molar-refractivity contribution is 0.621. The van der Waals surface area contributed by atoms with E-state index in [1.807, 2.05) is 38.2 Å². The first-order valence-electron chi connectivity index (χ1n) is 5.70. The lowest BCUT2D eigenvalue weighted by Gasteiger charge is -2.19. The summed E-state index contributed by atoms with van der Waals surface area (Å²) in [6.07, 6.45) is 0. The molecule has 0 aromatic heterocycles. The predicted octanol–water partition coefficient (Wildman–Crippen LogP) is 3.44. The highest BCUT2D eigenvalue weighted by atomic mass is 19.1. The van der Waals surface area contributed by atoms with Crippen LogP contribution in [0, 0.1) is 12.7 Å². The van der Waals surface area contributed by atoms with Gasteiger partial charge < -0.3 is 5.32 Å². The van der Waals surface area contributed by atoms with Gasteiger partial charge in [-0.05, 0) is 42.8 Å². The fraction of sp³-hybridized carbons (Fsp3) is 0.200. The van der Waals surface area contributed by atoms with Gasteiger partial charge in [0, 0.05) is 0 Å². The molecule has 1 unspecified atom stereocenters. The lowest BCUT2D eigenvalue weighted by atomic mass is 9.95. The van der Waals surface area contributed by atoms with Gasteiger partial charge in [-0.2, -0.15) is 0 Å². The number of benzene rings is 2. The highest BCUT2D eigenvalue weighted by Crippen LogP contribution is 2.24. The van der Waals surface area contributed by atoms with Gasteiger partial charge in [-0.15, -0.1) is 0 Å². The van der Waals surface area contributed by atoms with Crippen molar-refractivity contribution in [2.75, 3.05) is 7.05 Å². The number of hydrogen-bond acceptors (Lipinski definition) is 1. The van der Waals surface area contributed by atoms with E-state index in [9.17, 15) is 4.39 Å². The van der Waals surface area contributed by atoms with E-state index in [0.717, 1.165) is 11.1 Å². The molecule has 0 radical (unpaired) electrons. The third-order valence-electron chi connectivity index (χ3n) is 2.96. The Balaban J connectivity index is 2.42. The molecule has 0 aliphatic rings. The van der Waals surface area contributed by atoms with Crippen LogP contribution < -0.4 is 5.32 Å². The van der Waals surface area contributed by atoms with E-state index in [1.54, 1.807) is 6.07 Å². The zero-order valence-corrected chi connectivity index (χ0v) is 10.1. The van der Waals surface area contributed by atoms with E-state index in [1.165, 1.54) is 11.6 Å². The average molecular weight is 229 g/mol. The van der Waals surface area contributed by atoms with Crippen LogP contribution in [-0.4, -0.2) is 7.05 Å². The van der Waals surface area contributed by atoms with Crippen LogP contribution >= 0.6 is 0 Å². The van der Waals surface area contributed by atoms with E-state index in [-0.39, 0.29) is 11.9 Å². The maximum atomic E-state index is 13.1. The van der Waals surface area contributed by atoms with Crippen molar-refractivity contribution < 1.29 is 4.39 Å². The molecule has 2 rings (SSSR count). The molecule has 1 atom stereocenters. The SMILES string of the molecule is CNC(c1ccccc1)c1ccc(F)cc1C. The number of halogens is 1. The molecule has 1 nitrogen and oxygen atoms in total. The van der Waals surface area contributed by atoms with Gasteiger partial charge in [0.2, 0.25) is 0 Å². The van der Waals surface area contributed by atoms with Gasteiger partial charge in [-0.3, -0.25) is 0 Å². The monoisotopic (exact) mass is 229 g/mol. The fourth-order valence-corrected chi connectivity index (χ4v) is 2.11. The zero-order valence-electron chi connectivity index (χ0n) is 10.1. The van der Waals surface area contributed by atoms with Crippen molar-refractivity contribution in [3.05, 3.63) is 71.0 Å². The van der Waals surface area contributed by atoms with Gasteiger partial charge in [0.05, 0.1) is 6.04 Å². The molecule has 0 aliphatic carbocycles. The van der Waals surface area contributed by atoms with Gasteiger partial charge in [-0.25, -0.2) is 4.39 Å². The van der Waals surface area contributed by atoms with Crippen molar-refractivity contribution in [3.63, 3.8) is 0 Å². The van der Waals surface area contributed by atoms with Gasteiger partial charge in [0.25, 0.3) is 0 Å². The Bertz CT molecular complexity index is 494. The third kappa shape index (κ3) is 2.53. The van der Waals surface area contributed by atoms with E-state index in [2.05, 4.69) is 17.4 Å². The summed E-state index contributed by atoms with van der Waals surface area (Å²) < 4.78 is 13.1. The van der Waals surface area contributed by atoms with Gasteiger partial charge in [0.1, 0.15) is 5.82 Å². The predicted molar refractivity (Wildman–Crippen MR) is 68.5 cm³/mol. The Morgan fingerprint density at radius 1 is 1.06 bits per heavy atom. The molecule has 0 heterocycles. The van der Waals surface area contributed by atoms with Crippen LogP contribution in [0.4, 0.5) is 4.39 Å². The van der Waals surface area contributed by atoms with Gasteiger partial charge in [-0.1, -0.05) is 36.4 Å². The Morgan fingerprint density at radius 2 is 1.76 bits per heavy atom. The number of aryl methyl sites for hydroxylation is 1. The summed E-state index contributed by atoms with van der Waals surface area (Å²) in [4.78, 5) is 0. The molecule has 0 saturated heterocycles. The lowest BCUT2D eigenvalue weighted by Crippen LogP contribution is -2.18. The van der Waals surface area contributed by atoms with E-state index in [0.29, 0.717) is 0 Å². The molecule has 2 heteroatoms. The average Bonchev–Trinajstić information content (AvgIpc) is 2.34. The van der Waals surface area contributed by atoms with Crippen LogP contribution in [0.25, 0.3) is 0 Å². The maximum Gasteiger partial charge on any atom is 0.123 e. The summed E-state index contributed by atoms with van der Waals surface area (Å²) in [5.41, 5.74) is 3.26. The standard InChI is InChI=1S/C15H16FN/c1-11-10-13(16)8-9-14(11)15(17-2)12-6-4-3-5-7-12/h3-10,15,17H,1-2H3. The smallest absolute Gasteiger partial charge is 0.123 e. The number of rotatable bonds is 3. The van der Waals surface area contributed by atoms with Crippen molar-refractivity contribution in [1.29, 1.82) is 0 Å². The van der Waals surface area contributed by atoms with Crippen molar-refractivity contribution >= 4 is 0 Å². The molecule has 17 heavy (non-hydrogen) atoms. The van der Waals surface area contributed by atoms with Gasteiger partial charge >= 0.3 is 0 Å². The summed E-state index contributed by atoms with van der Waals surface area (Å²) in [6, 6.07) is 15.2. The molecular formula is C15H16FN. The van der Waals surface area contributed by atoms with Crippen LogP contribution in [0.5, 0.6) is 0 Å². The summed E-state index contributed by atoms with van der Waals surface area (Å²) in [6.45, 7) is 1.94. The molecule has 1 N–H and O–H groups in total. The topological polar surface area (TPSA) is 12.0 Å². The van der Waals surface area contributed by atoms with E-state index < -0.39 is 0 Å². The van der Waals surface area contributed by atoms with Crippen LogP contribution in [0.2, 0.25) is 0 Å². The number of nitrogens with one attached hydrogen (secondary N) is 1. The maximum absolute atomic E-state index is 13.1. The minimum Gasteiger partial charge on any atom is -0.309 e. The molecule has 0 bridgehead atoms.